The van der Waals surface area contributed by atoms with Crippen molar-refractivity contribution in [3.05, 3.63) is 30.1 Å². The summed E-state index contributed by atoms with van der Waals surface area (Å²) in [4.78, 5) is 6.43. The Kier molecular flexibility index (Phi) is 4.31. The van der Waals surface area contributed by atoms with E-state index < -0.39 is 0 Å². The summed E-state index contributed by atoms with van der Waals surface area (Å²) in [6.07, 6.45) is 6.37. The molecule has 0 radical (unpaired) electrons. The number of nitrogens with one attached hydrogen (secondary N) is 1. The highest BCUT2D eigenvalue weighted by molar-refractivity contribution is 5.08. The zero-order valence-electron chi connectivity index (χ0n) is 10.0. The van der Waals surface area contributed by atoms with Gasteiger partial charge in [-0.25, -0.2) is 0 Å². The van der Waals surface area contributed by atoms with E-state index >= 15 is 0 Å². The fraction of sp³-hybridized carbons (Fsp3) is 0.615. The van der Waals surface area contributed by atoms with Crippen LogP contribution < -0.4 is 5.32 Å². The smallest absolute Gasteiger partial charge is 0.0271 e. The molecule has 0 saturated carbocycles. The minimum atomic E-state index is 0.859. The molecule has 3 heteroatoms. The molecule has 2 heterocycles. The summed E-state index contributed by atoms with van der Waals surface area (Å²) in [5.41, 5.74) is 1.32. The number of rotatable bonds is 4. The molecule has 16 heavy (non-hydrogen) atoms. The van der Waals surface area contributed by atoms with Crippen LogP contribution >= 0.6 is 0 Å². The fourth-order valence-electron chi connectivity index (χ4n) is 2.19. The number of hydrogen-bond acceptors (Lipinski definition) is 3. The summed E-state index contributed by atoms with van der Waals surface area (Å²) in [5.74, 6) is 0.859. The molecule has 1 aliphatic rings. The molecule has 1 aliphatic heterocycles. The molecule has 0 amide bonds. The van der Waals surface area contributed by atoms with E-state index in [9.17, 15) is 0 Å². The fourth-order valence-corrected chi connectivity index (χ4v) is 2.19. The van der Waals surface area contributed by atoms with Crippen molar-refractivity contribution in [2.45, 2.75) is 19.4 Å². The van der Waals surface area contributed by atoms with Crippen LogP contribution in [-0.2, 0) is 6.54 Å². The van der Waals surface area contributed by atoms with Gasteiger partial charge < -0.3 is 10.2 Å². The Morgan fingerprint density at radius 1 is 1.31 bits per heavy atom. The average Bonchev–Trinajstić information content (AvgIpc) is 2.33. The molecular weight excluding hydrogens is 198 g/mol. The molecule has 3 nitrogen and oxygen atoms in total. The molecule has 88 valence electrons. The SMILES string of the molecule is CN1CCC(CNCc2ccncc2)CC1. The third kappa shape index (κ3) is 3.58. The molecule has 2 rings (SSSR count). The first kappa shape index (κ1) is 11.6. The number of nitrogens with zero attached hydrogens (tertiary/aromatic N) is 2. The Hall–Kier alpha value is -0.930. The molecule has 0 aromatic carbocycles. The van der Waals surface area contributed by atoms with Crippen LogP contribution in [0.1, 0.15) is 18.4 Å². The molecule has 0 aliphatic carbocycles. The van der Waals surface area contributed by atoms with Crippen molar-refractivity contribution in [3.8, 4) is 0 Å². The largest absolute Gasteiger partial charge is 0.312 e. The van der Waals surface area contributed by atoms with Gasteiger partial charge in [0.2, 0.25) is 0 Å². The highest BCUT2D eigenvalue weighted by atomic mass is 15.1. The quantitative estimate of drug-likeness (QED) is 0.832. The second-order valence-corrected chi connectivity index (χ2v) is 4.73. The van der Waals surface area contributed by atoms with Crippen LogP contribution in [0.5, 0.6) is 0 Å². The summed E-state index contributed by atoms with van der Waals surface area (Å²) in [6, 6.07) is 4.14. The lowest BCUT2D eigenvalue weighted by Gasteiger charge is -2.29. The number of hydrogen-bond donors (Lipinski definition) is 1. The van der Waals surface area contributed by atoms with Gasteiger partial charge in [0.1, 0.15) is 0 Å². The topological polar surface area (TPSA) is 28.2 Å². The van der Waals surface area contributed by atoms with E-state index in [2.05, 4.69) is 34.4 Å². The van der Waals surface area contributed by atoms with Crippen molar-refractivity contribution >= 4 is 0 Å². The van der Waals surface area contributed by atoms with Gasteiger partial charge in [0, 0.05) is 18.9 Å². The summed E-state index contributed by atoms with van der Waals surface area (Å²) >= 11 is 0. The third-order valence-electron chi connectivity index (χ3n) is 3.35. The third-order valence-corrected chi connectivity index (χ3v) is 3.35. The van der Waals surface area contributed by atoms with Gasteiger partial charge >= 0.3 is 0 Å². The number of aromatic nitrogens is 1. The standard InChI is InChI=1S/C13H21N3/c1-16-8-4-13(5-9-16)11-15-10-12-2-6-14-7-3-12/h2-3,6-7,13,15H,4-5,8-11H2,1H3. The molecule has 1 aromatic rings. The Balaban J connectivity index is 1.65. The maximum absolute atomic E-state index is 4.02. The van der Waals surface area contributed by atoms with Crippen molar-refractivity contribution in [2.24, 2.45) is 5.92 Å². The molecule has 0 atom stereocenters. The van der Waals surface area contributed by atoms with Crippen LogP contribution in [0.3, 0.4) is 0 Å². The normalized spacial score (nSPS) is 18.8. The predicted octanol–water partition coefficient (Wildman–Crippen LogP) is 1.51. The first-order chi connectivity index (χ1) is 7.84. The van der Waals surface area contributed by atoms with Gasteiger partial charge in [-0.3, -0.25) is 4.98 Å². The monoisotopic (exact) mass is 219 g/mol. The Morgan fingerprint density at radius 2 is 2.00 bits per heavy atom. The van der Waals surface area contributed by atoms with Gasteiger partial charge in [-0.05, 0) is 63.1 Å². The van der Waals surface area contributed by atoms with E-state index in [0.29, 0.717) is 0 Å². The van der Waals surface area contributed by atoms with Crippen molar-refractivity contribution in [1.29, 1.82) is 0 Å². The first-order valence-electron chi connectivity index (χ1n) is 6.13. The molecule has 1 saturated heterocycles. The van der Waals surface area contributed by atoms with Crippen molar-refractivity contribution < 1.29 is 0 Å². The van der Waals surface area contributed by atoms with Gasteiger partial charge in [-0.1, -0.05) is 0 Å². The summed E-state index contributed by atoms with van der Waals surface area (Å²) < 4.78 is 0. The molecule has 1 aromatic heterocycles. The van der Waals surface area contributed by atoms with Crippen molar-refractivity contribution in [2.75, 3.05) is 26.7 Å². The van der Waals surface area contributed by atoms with Crippen molar-refractivity contribution in [1.82, 2.24) is 15.2 Å². The van der Waals surface area contributed by atoms with Gasteiger partial charge in [0.05, 0.1) is 0 Å². The van der Waals surface area contributed by atoms with Crippen LogP contribution in [0.4, 0.5) is 0 Å². The molecule has 1 fully saturated rings. The molecule has 0 bridgehead atoms. The predicted molar refractivity (Wildman–Crippen MR) is 66.2 cm³/mol. The zero-order chi connectivity index (χ0) is 11.2. The highest BCUT2D eigenvalue weighted by Gasteiger charge is 2.15. The van der Waals surface area contributed by atoms with Crippen LogP contribution in [-0.4, -0.2) is 36.6 Å². The lowest BCUT2D eigenvalue weighted by atomic mass is 9.97. The maximum atomic E-state index is 4.02. The first-order valence-corrected chi connectivity index (χ1v) is 6.13. The molecule has 1 N–H and O–H groups in total. The van der Waals surface area contributed by atoms with Crippen LogP contribution in [0.2, 0.25) is 0 Å². The number of pyridine rings is 1. The van der Waals surface area contributed by atoms with E-state index in [-0.39, 0.29) is 0 Å². The Labute approximate surface area is 97.9 Å². The minimum Gasteiger partial charge on any atom is -0.312 e. The number of likely N-dealkylation sites (tertiary alicyclic amines) is 1. The van der Waals surface area contributed by atoms with Crippen molar-refractivity contribution in [3.63, 3.8) is 0 Å². The van der Waals surface area contributed by atoms with Crippen LogP contribution in [0, 0.1) is 5.92 Å². The Bertz CT molecular complexity index is 291. The minimum absolute atomic E-state index is 0.859. The summed E-state index contributed by atoms with van der Waals surface area (Å²) in [7, 11) is 2.21. The zero-order valence-corrected chi connectivity index (χ0v) is 10.0. The van der Waals surface area contributed by atoms with Gasteiger partial charge in [0.15, 0.2) is 0 Å². The van der Waals surface area contributed by atoms with E-state index in [4.69, 9.17) is 0 Å². The van der Waals surface area contributed by atoms with Gasteiger partial charge in [-0.2, -0.15) is 0 Å². The van der Waals surface area contributed by atoms with E-state index in [1.54, 1.807) is 0 Å². The lowest BCUT2D eigenvalue weighted by molar-refractivity contribution is 0.216. The molecular formula is C13H21N3. The highest BCUT2D eigenvalue weighted by Crippen LogP contribution is 2.14. The lowest BCUT2D eigenvalue weighted by Crippen LogP contribution is -2.34. The van der Waals surface area contributed by atoms with Crippen LogP contribution in [0.25, 0.3) is 0 Å². The average molecular weight is 219 g/mol. The summed E-state index contributed by atoms with van der Waals surface area (Å²) in [5, 5.41) is 3.54. The number of piperidine rings is 1. The van der Waals surface area contributed by atoms with E-state index in [0.717, 1.165) is 19.0 Å². The van der Waals surface area contributed by atoms with E-state index in [1.165, 1.54) is 31.5 Å². The molecule has 0 unspecified atom stereocenters. The molecule has 0 spiro atoms. The Morgan fingerprint density at radius 3 is 2.69 bits per heavy atom. The van der Waals surface area contributed by atoms with Gasteiger partial charge in [0.25, 0.3) is 0 Å². The second-order valence-electron chi connectivity index (χ2n) is 4.73. The van der Waals surface area contributed by atoms with Gasteiger partial charge in [-0.15, -0.1) is 0 Å². The maximum Gasteiger partial charge on any atom is 0.0271 e. The van der Waals surface area contributed by atoms with Crippen LogP contribution in [0.15, 0.2) is 24.5 Å². The summed E-state index contributed by atoms with van der Waals surface area (Å²) in [6.45, 7) is 4.62. The second kappa shape index (κ2) is 5.97. The van der Waals surface area contributed by atoms with E-state index in [1.807, 2.05) is 12.4 Å².